The lowest BCUT2D eigenvalue weighted by molar-refractivity contribution is 0.387. The first-order valence-corrected chi connectivity index (χ1v) is 8.91. The summed E-state index contributed by atoms with van der Waals surface area (Å²) in [5, 5.41) is 0.678. The van der Waals surface area contributed by atoms with Crippen molar-refractivity contribution in [1.82, 2.24) is 19.9 Å². The number of nitrogens with two attached hydrogens (primary N) is 2. The van der Waals surface area contributed by atoms with Gasteiger partial charge in [0, 0.05) is 17.5 Å². The van der Waals surface area contributed by atoms with Gasteiger partial charge in [-0.25, -0.2) is 9.97 Å². The Morgan fingerprint density at radius 2 is 1.56 bits per heavy atom. The monoisotopic (exact) mass is 384 g/mol. The van der Waals surface area contributed by atoms with Crippen molar-refractivity contribution in [3.8, 4) is 11.6 Å². The molecular formula is C16H12N6O4S. The zero-order valence-corrected chi connectivity index (χ0v) is 14.4. The fourth-order valence-corrected chi connectivity index (χ4v) is 2.99. The molecule has 0 spiro atoms. The van der Waals surface area contributed by atoms with E-state index in [1.54, 1.807) is 30.3 Å². The van der Waals surface area contributed by atoms with Gasteiger partial charge in [0.1, 0.15) is 11.6 Å². The maximum absolute atomic E-state index is 12.2. The second kappa shape index (κ2) is 6.21. The topological polar surface area (TPSA) is 156 Å². The van der Waals surface area contributed by atoms with E-state index in [4.69, 9.17) is 19.8 Å². The molecule has 136 valence electrons. The quantitative estimate of drug-likeness (QED) is 0.527. The molecule has 4 aromatic heterocycles. The Morgan fingerprint density at radius 3 is 2.41 bits per heavy atom. The van der Waals surface area contributed by atoms with Crippen molar-refractivity contribution in [2.45, 2.75) is 0 Å². The molecule has 4 heterocycles. The van der Waals surface area contributed by atoms with Crippen molar-refractivity contribution >= 4 is 44.1 Å². The molecule has 4 aromatic rings. The van der Waals surface area contributed by atoms with Gasteiger partial charge < -0.3 is 19.8 Å². The van der Waals surface area contributed by atoms with E-state index in [1.165, 1.54) is 18.3 Å². The standard InChI is InChI=1S/C16H12N6O4S/c17-13-5-3-11-12(20-13)7-10(8-19-11)25-27(23,24)26-15-6-2-9-1-4-14(18)21-16(9)22-15/h1-8H,(H2,17,20)(H2,18,21,22). The van der Waals surface area contributed by atoms with Crippen molar-refractivity contribution in [3.05, 3.63) is 48.7 Å². The molecule has 10 nitrogen and oxygen atoms in total. The lowest BCUT2D eigenvalue weighted by Crippen LogP contribution is -2.17. The van der Waals surface area contributed by atoms with Crippen LogP contribution in [-0.2, 0) is 10.4 Å². The van der Waals surface area contributed by atoms with E-state index in [0.29, 0.717) is 16.4 Å². The first-order chi connectivity index (χ1) is 12.9. The Kier molecular flexibility index (Phi) is 3.85. The summed E-state index contributed by atoms with van der Waals surface area (Å²) in [6, 6.07) is 10.9. The van der Waals surface area contributed by atoms with E-state index < -0.39 is 10.4 Å². The van der Waals surface area contributed by atoms with Crippen LogP contribution in [0.25, 0.3) is 22.1 Å². The molecule has 0 amide bonds. The SMILES string of the molecule is Nc1ccc2ncc(OS(=O)(=O)Oc3ccc4ccc(N)nc4n3)cc2n1. The van der Waals surface area contributed by atoms with Gasteiger partial charge in [-0.1, -0.05) is 0 Å². The van der Waals surface area contributed by atoms with Crippen LogP contribution in [0, 0.1) is 0 Å². The summed E-state index contributed by atoms with van der Waals surface area (Å²) in [6.07, 6.45) is 1.23. The summed E-state index contributed by atoms with van der Waals surface area (Å²) >= 11 is 0. The van der Waals surface area contributed by atoms with Crippen molar-refractivity contribution in [1.29, 1.82) is 0 Å². The van der Waals surface area contributed by atoms with Crippen LogP contribution in [0.1, 0.15) is 0 Å². The third-order valence-electron chi connectivity index (χ3n) is 3.47. The van der Waals surface area contributed by atoms with Crippen molar-refractivity contribution < 1.29 is 16.8 Å². The molecule has 0 atom stereocenters. The molecule has 4 rings (SSSR count). The van der Waals surface area contributed by atoms with Gasteiger partial charge in [0.25, 0.3) is 0 Å². The highest BCUT2D eigenvalue weighted by molar-refractivity contribution is 7.82. The number of aromatic nitrogens is 4. The molecule has 0 aliphatic rings. The third-order valence-corrected chi connectivity index (χ3v) is 4.24. The van der Waals surface area contributed by atoms with E-state index >= 15 is 0 Å². The van der Waals surface area contributed by atoms with E-state index in [2.05, 4.69) is 19.9 Å². The largest absolute Gasteiger partial charge is 0.502 e. The first kappa shape index (κ1) is 16.7. The molecule has 0 aliphatic carbocycles. The summed E-state index contributed by atoms with van der Waals surface area (Å²) in [4.78, 5) is 16.1. The van der Waals surface area contributed by atoms with Gasteiger partial charge >= 0.3 is 10.4 Å². The number of fused-ring (bicyclic) bond motifs is 2. The van der Waals surface area contributed by atoms with Gasteiger partial charge in [-0.05, 0) is 30.3 Å². The van der Waals surface area contributed by atoms with E-state index in [9.17, 15) is 8.42 Å². The van der Waals surface area contributed by atoms with Crippen LogP contribution < -0.4 is 19.8 Å². The highest BCUT2D eigenvalue weighted by atomic mass is 32.3. The van der Waals surface area contributed by atoms with Crippen LogP contribution in [0.4, 0.5) is 11.6 Å². The number of nitrogen functional groups attached to an aromatic ring is 2. The fourth-order valence-electron chi connectivity index (χ4n) is 2.33. The zero-order valence-electron chi connectivity index (χ0n) is 13.6. The summed E-state index contributed by atoms with van der Waals surface area (Å²) in [5.41, 5.74) is 12.4. The Bertz CT molecular complexity index is 1190. The molecule has 0 bridgehead atoms. The van der Waals surface area contributed by atoms with Crippen LogP contribution in [-0.4, -0.2) is 28.4 Å². The number of hydrogen-bond donors (Lipinski definition) is 2. The molecule has 0 saturated carbocycles. The predicted octanol–water partition coefficient (Wildman–Crippen LogP) is 1.44. The summed E-state index contributed by atoms with van der Waals surface area (Å²) < 4.78 is 34.1. The molecule has 11 heteroatoms. The van der Waals surface area contributed by atoms with Crippen LogP contribution in [0.3, 0.4) is 0 Å². The number of nitrogens with zero attached hydrogens (tertiary/aromatic N) is 4. The van der Waals surface area contributed by atoms with Crippen LogP contribution in [0.5, 0.6) is 11.6 Å². The van der Waals surface area contributed by atoms with Crippen LogP contribution in [0.15, 0.2) is 48.7 Å². The lowest BCUT2D eigenvalue weighted by Gasteiger charge is -2.08. The molecule has 0 unspecified atom stereocenters. The summed E-state index contributed by atoms with van der Waals surface area (Å²) in [6.45, 7) is 0. The lowest BCUT2D eigenvalue weighted by atomic mass is 10.3. The average molecular weight is 384 g/mol. The second-order valence-electron chi connectivity index (χ2n) is 5.45. The number of hydrogen-bond acceptors (Lipinski definition) is 10. The average Bonchev–Trinajstić information content (AvgIpc) is 2.60. The smallest absolute Gasteiger partial charge is 0.384 e. The van der Waals surface area contributed by atoms with Crippen LogP contribution in [0.2, 0.25) is 0 Å². The summed E-state index contributed by atoms with van der Waals surface area (Å²) in [5.74, 6) is 0.230. The number of rotatable bonds is 4. The first-order valence-electron chi connectivity index (χ1n) is 7.57. The Balaban J connectivity index is 1.60. The number of pyridine rings is 4. The Hall–Kier alpha value is -3.73. The van der Waals surface area contributed by atoms with Gasteiger partial charge in [0.15, 0.2) is 11.4 Å². The predicted molar refractivity (Wildman–Crippen MR) is 98.1 cm³/mol. The normalized spacial score (nSPS) is 11.6. The molecule has 0 saturated heterocycles. The van der Waals surface area contributed by atoms with E-state index in [-0.39, 0.29) is 28.9 Å². The minimum Gasteiger partial charge on any atom is -0.384 e. The van der Waals surface area contributed by atoms with Gasteiger partial charge in [-0.15, -0.1) is 8.42 Å². The molecule has 4 N–H and O–H groups in total. The van der Waals surface area contributed by atoms with Crippen molar-refractivity contribution in [2.24, 2.45) is 0 Å². The zero-order chi connectivity index (χ0) is 19.0. The van der Waals surface area contributed by atoms with Crippen LogP contribution >= 0.6 is 0 Å². The van der Waals surface area contributed by atoms with Gasteiger partial charge in [0.2, 0.25) is 5.88 Å². The van der Waals surface area contributed by atoms with Gasteiger partial charge in [-0.2, -0.15) is 4.98 Å². The Labute approximate surface area is 153 Å². The van der Waals surface area contributed by atoms with Crippen molar-refractivity contribution in [3.63, 3.8) is 0 Å². The Morgan fingerprint density at radius 1 is 0.815 bits per heavy atom. The molecule has 0 radical (unpaired) electrons. The molecule has 0 aliphatic heterocycles. The highest BCUT2D eigenvalue weighted by Crippen LogP contribution is 2.21. The highest BCUT2D eigenvalue weighted by Gasteiger charge is 2.18. The fraction of sp³-hybridized carbons (Fsp3) is 0. The van der Waals surface area contributed by atoms with E-state index in [0.717, 1.165) is 0 Å². The molecule has 27 heavy (non-hydrogen) atoms. The van der Waals surface area contributed by atoms with E-state index in [1.807, 2.05) is 0 Å². The van der Waals surface area contributed by atoms with Gasteiger partial charge in [0.05, 0.1) is 17.2 Å². The maximum atomic E-state index is 12.2. The minimum atomic E-state index is -4.47. The number of anilines is 2. The minimum absolute atomic E-state index is 0.0799. The molecule has 0 aromatic carbocycles. The second-order valence-corrected chi connectivity index (χ2v) is 6.60. The van der Waals surface area contributed by atoms with Crippen molar-refractivity contribution in [2.75, 3.05) is 11.5 Å². The molecule has 0 fully saturated rings. The maximum Gasteiger partial charge on any atom is 0.502 e. The molecular weight excluding hydrogens is 372 g/mol. The summed E-state index contributed by atoms with van der Waals surface area (Å²) in [7, 11) is -4.47. The third kappa shape index (κ3) is 3.62. The van der Waals surface area contributed by atoms with Gasteiger partial charge in [-0.3, -0.25) is 4.98 Å².